The zero-order valence-corrected chi connectivity index (χ0v) is 13.2. The third-order valence-electron chi connectivity index (χ3n) is 4.43. The fraction of sp³-hybridized carbons (Fsp3) is 0.316. The van der Waals surface area contributed by atoms with Crippen molar-refractivity contribution in [2.45, 2.75) is 18.3 Å². The lowest BCUT2D eigenvalue weighted by molar-refractivity contribution is 0.0531. The monoisotopic (exact) mass is 309 g/mol. The van der Waals surface area contributed by atoms with Gasteiger partial charge in [0, 0.05) is 24.3 Å². The minimum Gasteiger partial charge on any atom is -0.381 e. The van der Waals surface area contributed by atoms with Crippen LogP contribution in [-0.4, -0.2) is 25.7 Å². The van der Waals surface area contributed by atoms with E-state index in [9.17, 15) is 0 Å². The van der Waals surface area contributed by atoms with Crippen molar-refractivity contribution in [3.05, 3.63) is 66.2 Å². The van der Waals surface area contributed by atoms with Gasteiger partial charge in [-0.25, -0.2) is 0 Å². The summed E-state index contributed by atoms with van der Waals surface area (Å²) >= 11 is 0. The van der Waals surface area contributed by atoms with Crippen LogP contribution in [0, 0.1) is 0 Å². The molecule has 1 aliphatic rings. The number of nitrogens with zero attached hydrogens (tertiary/aromatic N) is 1. The molecule has 0 aromatic heterocycles. The summed E-state index contributed by atoms with van der Waals surface area (Å²) in [5, 5.41) is 3.15. The summed E-state index contributed by atoms with van der Waals surface area (Å²) < 4.78 is 5.55. The number of benzene rings is 2. The molecule has 0 unspecified atom stereocenters. The van der Waals surface area contributed by atoms with Gasteiger partial charge in [-0.05, 0) is 30.5 Å². The van der Waals surface area contributed by atoms with Crippen LogP contribution in [0.2, 0.25) is 0 Å². The summed E-state index contributed by atoms with van der Waals surface area (Å²) in [6, 6.07) is 20.5. The van der Waals surface area contributed by atoms with E-state index >= 15 is 0 Å². The van der Waals surface area contributed by atoms with Gasteiger partial charge >= 0.3 is 0 Å². The summed E-state index contributed by atoms with van der Waals surface area (Å²) in [7, 11) is 0. The third kappa shape index (κ3) is 3.90. The topological polar surface area (TPSA) is 59.6 Å². The maximum Gasteiger partial charge on any atom is 0.193 e. The number of hydrogen-bond donors (Lipinski definition) is 2. The van der Waals surface area contributed by atoms with Crippen LogP contribution in [-0.2, 0) is 10.2 Å². The Balaban J connectivity index is 1.75. The number of guanidine groups is 1. The average Bonchev–Trinajstić information content (AvgIpc) is 2.62. The van der Waals surface area contributed by atoms with Crippen molar-refractivity contribution in [3.8, 4) is 0 Å². The molecule has 4 heteroatoms. The first-order valence-corrected chi connectivity index (χ1v) is 8.04. The van der Waals surface area contributed by atoms with Gasteiger partial charge < -0.3 is 15.8 Å². The standard InChI is InChI=1S/C19H23N3O/c20-18(22-17-9-5-2-6-10-17)21-15-19(11-13-23-14-12-19)16-7-3-1-4-8-16/h1-10H,11-15H2,(H3,20,21,22). The van der Waals surface area contributed by atoms with Crippen LogP contribution in [0.3, 0.4) is 0 Å². The van der Waals surface area contributed by atoms with Crippen LogP contribution >= 0.6 is 0 Å². The highest BCUT2D eigenvalue weighted by Crippen LogP contribution is 2.35. The van der Waals surface area contributed by atoms with E-state index in [4.69, 9.17) is 10.5 Å². The molecule has 3 N–H and O–H groups in total. The van der Waals surface area contributed by atoms with Gasteiger partial charge in [0.2, 0.25) is 0 Å². The SMILES string of the molecule is NC(=NCC1(c2ccccc2)CCOCC1)Nc1ccccc1. The van der Waals surface area contributed by atoms with E-state index in [1.165, 1.54) is 5.56 Å². The van der Waals surface area contributed by atoms with Gasteiger partial charge in [0.05, 0.1) is 6.54 Å². The smallest absolute Gasteiger partial charge is 0.193 e. The Morgan fingerprint density at radius 1 is 1.00 bits per heavy atom. The number of anilines is 1. The Hall–Kier alpha value is -2.33. The molecule has 1 heterocycles. The Kier molecular flexibility index (Phi) is 4.93. The van der Waals surface area contributed by atoms with Gasteiger partial charge in [-0.1, -0.05) is 48.5 Å². The largest absolute Gasteiger partial charge is 0.381 e. The first-order chi connectivity index (χ1) is 11.3. The summed E-state index contributed by atoms with van der Waals surface area (Å²) in [6.07, 6.45) is 1.94. The lowest BCUT2D eigenvalue weighted by atomic mass is 9.74. The summed E-state index contributed by atoms with van der Waals surface area (Å²) in [5.41, 5.74) is 8.36. The average molecular weight is 309 g/mol. The molecule has 1 fully saturated rings. The van der Waals surface area contributed by atoms with Crippen LogP contribution < -0.4 is 11.1 Å². The molecule has 0 atom stereocenters. The molecule has 0 aliphatic carbocycles. The van der Waals surface area contributed by atoms with Crippen molar-refractivity contribution in [1.29, 1.82) is 0 Å². The van der Waals surface area contributed by atoms with Crippen LogP contribution in [0.1, 0.15) is 18.4 Å². The highest BCUT2D eigenvalue weighted by molar-refractivity contribution is 5.92. The third-order valence-corrected chi connectivity index (χ3v) is 4.43. The molecular formula is C19H23N3O. The number of aliphatic imine (C=N–C) groups is 1. The predicted octanol–water partition coefficient (Wildman–Crippen LogP) is 3.16. The van der Waals surface area contributed by atoms with E-state index in [0.717, 1.165) is 31.7 Å². The summed E-state index contributed by atoms with van der Waals surface area (Å²) in [5.74, 6) is 0.456. The molecule has 3 rings (SSSR count). The number of nitrogens with two attached hydrogens (primary N) is 1. The number of ether oxygens (including phenoxy) is 1. The number of hydrogen-bond acceptors (Lipinski definition) is 2. The van der Waals surface area contributed by atoms with Crippen molar-refractivity contribution in [1.82, 2.24) is 0 Å². The zero-order valence-electron chi connectivity index (χ0n) is 13.2. The van der Waals surface area contributed by atoms with E-state index in [-0.39, 0.29) is 5.41 Å². The normalized spacial score (nSPS) is 17.7. The fourth-order valence-corrected chi connectivity index (χ4v) is 3.04. The van der Waals surface area contributed by atoms with Crippen LogP contribution in [0.4, 0.5) is 5.69 Å². The quantitative estimate of drug-likeness (QED) is 0.674. The number of para-hydroxylation sites is 1. The van der Waals surface area contributed by atoms with Gasteiger partial charge in [0.1, 0.15) is 0 Å². The Morgan fingerprint density at radius 3 is 2.26 bits per heavy atom. The molecule has 23 heavy (non-hydrogen) atoms. The molecular weight excluding hydrogens is 286 g/mol. The second-order valence-corrected chi connectivity index (χ2v) is 5.95. The summed E-state index contributed by atoms with van der Waals surface area (Å²) in [4.78, 5) is 4.62. The van der Waals surface area contributed by atoms with Gasteiger partial charge in [-0.3, -0.25) is 4.99 Å². The van der Waals surface area contributed by atoms with E-state index in [1.54, 1.807) is 0 Å². The molecule has 2 aromatic rings. The predicted molar refractivity (Wildman–Crippen MR) is 94.7 cm³/mol. The molecule has 2 aromatic carbocycles. The Labute approximate surface area is 137 Å². The molecule has 0 saturated carbocycles. The lowest BCUT2D eigenvalue weighted by Gasteiger charge is -2.36. The Morgan fingerprint density at radius 2 is 1.61 bits per heavy atom. The van der Waals surface area contributed by atoms with E-state index < -0.39 is 0 Å². The van der Waals surface area contributed by atoms with Gasteiger partial charge in [0.15, 0.2) is 5.96 Å². The van der Waals surface area contributed by atoms with Crippen LogP contribution in [0.25, 0.3) is 0 Å². The van der Waals surface area contributed by atoms with Crippen molar-refractivity contribution < 1.29 is 4.74 Å². The molecule has 120 valence electrons. The van der Waals surface area contributed by atoms with Crippen molar-refractivity contribution in [3.63, 3.8) is 0 Å². The maximum absolute atomic E-state index is 6.07. The minimum absolute atomic E-state index is 0.0164. The molecule has 0 amide bonds. The number of nitrogens with one attached hydrogen (secondary N) is 1. The van der Waals surface area contributed by atoms with E-state index in [0.29, 0.717) is 12.5 Å². The fourth-order valence-electron chi connectivity index (χ4n) is 3.04. The zero-order chi connectivity index (χ0) is 16.0. The molecule has 1 saturated heterocycles. The molecule has 0 spiro atoms. The highest BCUT2D eigenvalue weighted by Gasteiger charge is 2.34. The van der Waals surface area contributed by atoms with Crippen molar-refractivity contribution in [2.24, 2.45) is 10.7 Å². The van der Waals surface area contributed by atoms with Gasteiger partial charge in [-0.2, -0.15) is 0 Å². The van der Waals surface area contributed by atoms with Gasteiger partial charge in [-0.15, -0.1) is 0 Å². The first kappa shape index (κ1) is 15.6. The maximum atomic E-state index is 6.07. The van der Waals surface area contributed by atoms with Crippen LogP contribution in [0.5, 0.6) is 0 Å². The van der Waals surface area contributed by atoms with Crippen LogP contribution in [0.15, 0.2) is 65.7 Å². The highest BCUT2D eigenvalue weighted by atomic mass is 16.5. The van der Waals surface area contributed by atoms with Gasteiger partial charge in [0.25, 0.3) is 0 Å². The van der Waals surface area contributed by atoms with E-state index in [2.05, 4.69) is 34.6 Å². The lowest BCUT2D eigenvalue weighted by Crippen LogP contribution is -2.38. The minimum atomic E-state index is 0.0164. The van der Waals surface area contributed by atoms with Crippen molar-refractivity contribution in [2.75, 3.05) is 25.1 Å². The second kappa shape index (κ2) is 7.29. The second-order valence-electron chi connectivity index (χ2n) is 5.95. The van der Waals surface area contributed by atoms with E-state index in [1.807, 2.05) is 36.4 Å². The molecule has 1 aliphatic heterocycles. The molecule has 0 radical (unpaired) electrons. The van der Waals surface area contributed by atoms with Crippen molar-refractivity contribution >= 4 is 11.6 Å². The Bertz CT molecular complexity index is 634. The molecule has 0 bridgehead atoms. The first-order valence-electron chi connectivity index (χ1n) is 8.04. The summed E-state index contributed by atoms with van der Waals surface area (Å²) in [6.45, 7) is 2.22. The number of rotatable bonds is 4. The molecule has 4 nitrogen and oxygen atoms in total.